The molecule has 4 fully saturated rings. The average Bonchev–Trinajstić information content (AvgIpc) is 2.48. The average molecular weight is 330 g/mol. The van der Waals surface area contributed by atoms with Crippen LogP contribution in [0.2, 0.25) is 0 Å². The molecule has 5 aliphatic rings. The van der Waals surface area contributed by atoms with Gasteiger partial charge in [0.15, 0.2) is 0 Å². The van der Waals surface area contributed by atoms with E-state index in [1.807, 2.05) is 0 Å². The molecule has 2 bridgehead atoms. The van der Waals surface area contributed by atoms with E-state index in [-0.39, 0.29) is 17.7 Å². The number of sulfonamides is 1. The van der Waals surface area contributed by atoms with Crippen molar-refractivity contribution in [3.05, 3.63) is 0 Å². The van der Waals surface area contributed by atoms with Crippen LogP contribution in [0.25, 0.3) is 0 Å². The molecule has 124 valence electrons. The van der Waals surface area contributed by atoms with Crippen molar-refractivity contribution in [3.8, 4) is 0 Å². The molecule has 0 aromatic carbocycles. The Hall–Kier alpha value is -0.850. The smallest absolute Gasteiger partial charge is 0.301 e. The van der Waals surface area contributed by atoms with E-state index < -0.39 is 20.9 Å². The second kappa shape index (κ2) is 4.82. The molecule has 1 heterocycles. The minimum atomic E-state index is -3.49. The van der Waals surface area contributed by atoms with Gasteiger partial charge in [0.05, 0.1) is 0 Å². The van der Waals surface area contributed by atoms with Gasteiger partial charge < -0.3 is 10.1 Å². The van der Waals surface area contributed by atoms with E-state index in [1.54, 1.807) is 0 Å². The lowest BCUT2D eigenvalue weighted by Crippen LogP contribution is -2.59. The molecule has 2 unspecified atom stereocenters. The zero-order chi connectivity index (χ0) is 15.4. The molecule has 0 aromatic heterocycles. The molecule has 0 amide bonds. The molecule has 4 aliphatic carbocycles. The number of alkyl halides is 1. The summed E-state index contributed by atoms with van der Waals surface area (Å²) in [6.45, 7) is 0. The van der Waals surface area contributed by atoms with Gasteiger partial charge in [-0.15, -0.1) is 4.40 Å². The van der Waals surface area contributed by atoms with Crippen LogP contribution in [0.4, 0.5) is 4.39 Å². The van der Waals surface area contributed by atoms with Gasteiger partial charge in [-0.05, 0) is 57.8 Å². The van der Waals surface area contributed by atoms with Gasteiger partial charge in [-0.25, -0.2) is 12.8 Å². The maximum Gasteiger partial charge on any atom is 0.301 e. The minimum Gasteiger partial charge on any atom is -0.460 e. The number of nitrogens with one attached hydrogen (secondary N) is 1. The van der Waals surface area contributed by atoms with Crippen molar-refractivity contribution in [2.24, 2.45) is 4.40 Å². The highest BCUT2D eigenvalue weighted by atomic mass is 32.2. The molecule has 2 atom stereocenters. The van der Waals surface area contributed by atoms with Crippen LogP contribution in [0, 0.1) is 0 Å². The molecule has 22 heavy (non-hydrogen) atoms. The normalized spacial score (nSPS) is 46.3. The number of halogens is 1. The Labute approximate surface area is 130 Å². The third kappa shape index (κ3) is 2.41. The maximum atomic E-state index is 14.2. The molecule has 0 saturated heterocycles. The SMILES string of the molecule is O=S1(=O)N=C(NC23CCC(F)(CC2)CC3)OC2CCCCC21. The molecular weight excluding hydrogens is 307 g/mol. The van der Waals surface area contributed by atoms with Crippen molar-refractivity contribution in [2.75, 3.05) is 0 Å². The number of ether oxygens (including phenoxy) is 1. The van der Waals surface area contributed by atoms with Gasteiger partial charge in [0.25, 0.3) is 10.0 Å². The lowest BCUT2D eigenvalue weighted by atomic mass is 9.64. The van der Waals surface area contributed by atoms with Crippen molar-refractivity contribution in [1.29, 1.82) is 0 Å². The molecule has 1 aliphatic heterocycles. The van der Waals surface area contributed by atoms with Crippen LogP contribution in [0.1, 0.15) is 64.2 Å². The fourth-order valence-electron chi connectivity index (χ4n) is 4.49. The number of rotatable bonds is 1. The van der Waals surface area contributed by atoms with Crippen LogP contribution in [0.15, 0.2) is 4.40 Å². The molecule has 5 rings (SSSR count). The van der Waals surface area contributed by atoms with Crippen LogP contribution in [-0.4, -0.2) is 37.0 Å². The zero-order valence-electron chi connectivity index (χ0n) is 12.7. The molecule has 7 heteroatoms. The monoisotopic (exact) mass is 330 g/mol. The first-order chi connectivity index (χ1) is 10.4. The van der Waals surface area contributed by atoms with E-state index in [9.17, 15) is 12.8 Å². The number of hydrogen-bond acceptors (Lipinski definition) is 4. The quantitative estimate of drug-likeness (QED) is 0.802. The zero-order valence-corrected chi connectivity index (χ0v) is 13.5. The second-order valence-electron chi connectivity index (χ2n) is 7.45. The van der Waals surface area contributed by atoms with Crippen LogP contribution >= 0.6 is 0 Å². The van der Waals surface area contributed by atoms with E-state index in [1.165, 1.54) is 0 Å². The summed E-state index contributed by atoms with van der Waals surface area (Å²) in [4.78, 5) is 0. The number of nitrogens with zero attached hydrogens (tertiary/aromatic N) is 1. The minimum absolute atomic E-state index is 0.149. The van der Waals surface area contributed by atoms with Crippen LogP contribution in [0.3, 0.4) is 0 Å². The molecule has 0 spiro atoms. The first-order valence-corrected chi connectivity index (χ1v) is 9.88. The summed E-state index contributed by atoms with van der Waals surface area (Å²) in [5.41, 5.74) is -1.23. The molecule has 4 saturated carbocycles. The van der Waals surface area contributed by atoms with Crippen molar-refractivity contribution < 1.29 is 17.5 Å². The Bertz CT molecular complexity index is 579. The Balaban J connectivity index is 1.55. The van der Waals surface area contributed by atoms with Gasteiger partial charge in [-0.3, -0.25) is 0 Å². The van der Waals surface area contributed by atoms with Gasteiger partial charge in [-0.2, -0.15) is 0 Å². The highest BCUT2D eigenvalue weighted by Gasteiger charge is 2.51. The van der Waals surface area contributed by atoms with E-state index in [0.29, 0.717) is 25.7 Å². The van der Waals surface area contributed by atoms with Gasteiger partial charge in [0.1, 0.15) is 17.0 Å². The van der Waals surface area contributed by atoms with Gasteiger partial charge in [0, 0.05) is 5.54 Å². The lowest BCUT2D eigenvalue weighted by Gasteiger charge is -2.50. The van der Waals surface area contributed by atoms with Gasteiger partial charge in [-0.1, -0.05) is 6.42 Å². The van der Waals surface area contributed by atoms with Crippen molar-refractivity contribution in [2.45, 2.75) is 86.8 Å². The summed E-state index contributed by atoms with van der Waals surface area (Å²) in [7, 11) is -3.49. The highest BCUT2D eigenvalue weighted by Crippen LogP contribution is 2.49. The van der Waals surface area contributed by atoms with E-state index in [2.05, 4.69) is 9.71 Å². The summed E-state index contributed by atoms with van der Waals surface area (Å²) in [5.74, 6) is 0. The highest BCUT2D eigenvalue weighted by molar-refractivity contribution is 7.91. The van der Waals surface area contributed by atoms with E-state index in [0.717, 1.165) is 38.5 Å². The summed E-state index contributed by atoms with van der Waals surface area (Å²) < 4.78 is 48.7. The van der Waals surface area contributed by atoms with Crippen LogP contribution < -0.4 is 5.32 Å². The topological polar surface area (TPSA) is 67.8 Å². The number of fused-ring (bicyclic) bond motifs is 4. The maximum absolute atomic E-state index is 14.2. The summed E-state index contributed by atoms with van der Waals surface area (Å²) in [6, 6.07) is 0.149. The van der Waals surface area contributed by atoms with Gasteiger partial charge >= 0.3 is 6.02 Å². The van der Waals surface area contributed by atoms with Crippen molar-refractivity contribution >= 4 is 16.0 Å². The third-order valence-corrected chi connectivity index (χ3v) is 7.75. The fraction of sp³-hybridized carbons (Fsp3) is 0.933. The number of hydrogen-bond donors (Lipinski definition) is 1. The molecule has 0 radical (unpaired) electrons. The van der Waals surface area contributed by atoms with Crippen LogP contribution in [0.5, 0.6) is 0 Å². The predicted octanol–water partition coefficient (Wildman–Crippen LogP) is 2.42. The number of amidine groups is 1. The van der Waals surface area contributed by atoms with E-state index >= 15 is 0 Å². The molecule has 0 aromatic rings. The fourth-order valence-corrected chi connectivity index (χ4v) is 5.99. The predicted molar refractivity (Wildman–Crippen MR) is 80.9 cm³/mol. The second-order valence-corrected chi connectivity index (χ2v) is 9.26. The standard InChI is InChI=1S/C15H23FN2O3S/c16-14-5-8-15(9-6-14,10-7-14)17-13-18-22(19,20)12-4-2-1-3-11(12)21-13/h11-12H,1-10H2,(H,17,18). The summed E-state index contributed by atoms with van der Waals surface area (Å²) >= 11 is 0. The largest absolute Gasteiger partial charge is 0.460 e. The lowest BCUT2D eigenvalue weighted by molar-refractivity contribution is -0.00505. The Kier molecular flexibility index (Phi) is 3.23. The Morgan fingerprint density at radius 2 is 1.73 bits per heavy atom. The van der Waals surface area contributed by atoms with E-state index in [4.69, 9.17) is 4.74 Å². The third-order valence-electron chi connectivity index (χ3n) is 6.02. The first-order valence-electron chi connectivity index (χ1n) is 8.38. The summed E-state index contributed by atoms with van der Waals surface area (Å²) in [5, 5.41) is 2.76. The van der Waals surface area contributed by atoms with Crippen LogP contribution in [-0.2, 0) is 14.8 Å². The molecule has 5 nitrogen and oxygen atoms in total. The Morgan fingerprint density at radius 3 is 2.41 bits per heavy atom. The van der Waals surface area contributed by atoms with Crippen molar-refractivity contribution in [1.82, 2.24) is 5.32 Å². The summed E-state index contributed by atoms with van der Waals surface area (Å²) in [6.07, 6.45) is 6.86. The van der Waals surface area contributed by atoms with Gasteiger partial charge in [0.2, 0.25) is 0 Å². The Morgan fingerprint density at radius 1 is 1.09 bits per heavy atom. The molecule has 1 N–H and O–H groups in total. The van der Waals surface area contributed by atoms with Crippen molar-refractivity contribution in [3.63, 3.8) is 0 Å². The first kappa shape index (κ1) is 14.7. The molecular formula is C15H23FN2O3S.